The zero-order valence-corrected chi connectivity index (χ0v) is 14.3. The average Bonchev–Trinajstić information content (AvgIpc) is 2.52. The lowest BCUT2D eigenvalue weighted by molar-refractivity contribution is 0.0302. The van der Waals surface area contributed by atoms with Gasteiger partial charge in [0.2, 0.25) is 0 Å². The lowest BCUT2D eigenvalue weighted by Crippen LogP contribution is -2.40. The second kappa shape index (κ2) is 7.79. The Kier molecular flexibility index (Phi) is 6.03. The molecule has 2 heterocycles. The van der Waals surface area contributed by atoms with Crippen molar-refractivity contribution in [1.29, 1.82) is 0 Å². The third-order valence-corrected chi connectivity index (χ3v) is 4.05. The van der Waals surface area contributed by atoms with E-state index in [4.69, 9.17) is 16.3 Å². The van der Waals surface area contributed by atoms with Crippen LogP contribution in [0.4, 0.5) is 5.82 Å². The first kappa shape index (κ1) is 17.0. The van der Waals surface area contributed by atoms with Gasteiger partial charge in [0.1, 0.15) is 5.82 Å². The summed E-state index contributed by atoms with van der Waals surface area (Å²) in [7, 11) is 1.97. The number of hydrogen-bond acceptors (Lipinski definition) is 4. The Balaban J connectivity index is 2.06. The number of amides is 1. The van der Waals surface area contributed by atoms with Gasteiger partial charge in [-0.05, 0) is 18.4 Å². The molecule has 122 valence electrons. The van der Waals surface area contributed by atoms with Gasteiger partial charge in [-0.15, -0.1) is 0 Å². The number of carbonyl (C=O) groups is 1. The van der Waals surface area contributed by atoms with Gasteiger partial charge in [-0.2, -0.15) is 0 Å². The summed E-state index contributed by atoms with van der Waals surface area (Å²) in [4.78, 5) is 20.6. The molecule has 1 aliphatic heterocycles. The molecule has 0 atom stereocenters. The van der Waals surface area contributed by atoms with Crippen LogP contribution in [0.3, 0.4) is 0 Å². The van der Waals surface area contributed by atoms with Crippen LogP contribution in [0.2, 0.25) is 5.02 Å². The highest BCUT2D eigenvalue weighted by Crippen LogP contribution is 2.24. The van der Waals surface area contributed by atoms with E-state index in [0.29, 0.717) is 42.8 Å². The third kappa shape index (κ3) is 4.34. The molecule has 0 saturated carbocycles. The molecule has 0 aromatic carbocycles. The molecule has 0 unspecified atom stereocenters. The normalized spacial score (nSPS) is 15.2. The number of aromatic nitrogens is 1. The van der Waals surface area contributed by atoms with Crippen LogP contribution in [0.5, 0.6) is 0 Å². The molecule has 22 heavy (non-hydrogen) atoms. The van der Waals surface area contributed by atoms with E-state index in [1.807, 2.05) is 11.9 Å². The molecular formula is C16H24ClN3O2. The van der Waals surface area contributed by atoms with Gasteiger partial charge in [-0.25, -0.2) is 4.98 Å². The molecule has 2 rings (SSSR count). The molecule has 6 heteroatoms. The molecule has 0 N–H and O–H groups in total. The standard InChI is InChI=1S/C16H24ClN3O2/c1-12(2)4-5-19(3)15-14(17)10-13(11-18-15)16(21)20-6-8-22-9-7-20/h10-12H,4-9H2,1-3H3. The second-order valence-electron chi connectivity index (χ2n) is 6.04. The summed E-state index contributed by atoms with van der Waals surface area (Å²) in [6.45, 7) is 7.67. The number of rotatable bonds is 5. The predicted octanol–water partition coefficient (Wildman–Crippen LogP) is 2.69. The zero-order chi connectivity index (χ0) is 16.1. The Morgan fingerprint density at radius 2 is 2.14 bits per heavy atom. The number of pyridine rings is 1. The molecule has 1 fully saturated rings. The average molecular weight is 326 g/mol. The summed E-state index contributed by atoms with van der Waals surface area (Å²) in [5.74, 6) is 1.32. The van der Waals surface area contributed by atoms with E-state index < -0.39 is 0 Å². The van der Waals surface area contributed by atoms with Crippen LogP contribution >= 0.6 is 11.6 Å². The molecule has 1 aromatic heterocycles. The molecule has 0 spiro atoms. The Morgan fingerprint density at radius 3 is 2.73 bits per heavy atom. The number of hydrogen-bond donors (Lipinski definition) is 0. The summed E-state index contributed by atoms with van der Waals surface area (Å²) >= 11 is 6.32. The molecule has 0 bridgehead atoms. The zero-order valence-electron chi connectivity index (χ0n) is 13.5. The SMILES string of the molecule is CC(C)CCN(C)c1ncc(C(=O)N2CCOCC2)cc1Cl. The molecule has 0 aliphatic carbocycles. The number of anilines is 1. The van der Waals surface area contributed by atoms with E-state index in [9.17, 15) is 4.79 Å². The van der Waals surface area contributed by atoms with Crippen LogP contribution in [0.25, 0.3) is 0 Å². The fourth-order valence-electron chi connectivity index (χ4n) is 2.34. The van der Waals surface area contributed by atoms with Gasteiger partial charge in [0.15, 0.2) is 0 Å². The number of nitrogens with zero attached hydrogens (tertiary/aromatic N) is 3. The van der Waals surface area contributed by atoms with Crippen LogP contribution < -0.4 is 4.90 Å². The van der Waals surface area contributed by atoms with E-state index in [1.54, 1.807) is 17.2 Å². The Bertz CT molecular complexity index is 516. The van der Waals surface area contributed by atoms with Crippen LogP contribution in [-0.2, 0) is 4.74 Å². The van der Waals surface area contributed by atoms with Gasteiger partial charge < -0.3 is 14.5 Å². The smallest absolute Gasteiger partial charge is 0.255 e. The monoisotopic (exact) mass is 325 g/mol. The fourth-order valence-corrected chi connectivity index (χ4v) is 2.65. The van der Waals surface area contributed by atoms with Crippen molar-refractivity contribution in [2.75, 3.05) is 44.8 Å². The Morgan fingerprint density at radius 1 is 1.45 bits per heavy atom. The minimum atomic E-state index is -0.0333. The van der Waals surface area contributed by atoms with Gasteiger partial charge in [-0.3, -0.25) is 4.79 Å². The van der Waals surface area contributed by atoms with E-state index in [-0.39, 0.29) is 5.91 Å². The van der Waals surface area contributed by atoms with Gasteiger partial charge in [0, 0.05) is 32.9 Å². The highest BCUT2D eigenvalue weighted by atomic mass is 35.5. The van der Waals surface area contributed by atoms with Crippen molar-refractivity contribution in [1.82, 2.24) is 9.88 Å². The van der Waals surface area contributed by atoms with Crippen LogP contribution in [0, 0.1) is 5.92 Å². The van der Waals surface area contributed by atoms with Crippen molar-refractivity contribution in [2.24, 2.45) is 5.92 Å². The minimum Gasteiger partial charge on any atom is -0.378 e. The molecule has 5 nitrogen and oxygen atoms in total. The quantitative estimate of drug-likeness (QED) is 0.835. The first-order valence-corrected chi connectivity index (χ1v) is 8.10. The second-order valence-corrected chi connectivity index (χ2v) is 6.45. The lowest BCUT2D eigenvalue weighted by atomic mass is 10.1. The maximum atomic E-state index is 12.4. The summed E-state index contributed by atoms with van der Waals surface area (Å²) in [6, 6.07) is 1.72. The van der Waals surface area contributed by atoms with Crippen molar-refractivity contribution < 1.29 is 9.53 Å². The maximum Gasteiger partial charge on any atom is 0.255 e. The highest BCUT2D eigenvalue weighted by Gasteiger charge is 2.20. The van der Waals surface area contributed by atoms with Gasteiger partial charge >= 0.3 is 0 Å². The third-order valence-electron chi connectivity index (χ3n) is 3.77. The largest absolute Gasteiger partial charge is 0.378 e. The molecule has 1 aromatic rings. The molecule has 1 aliphatic rings. The van der Waals surface area contributed by atoms with Crippen LogP contribution in [-0.4, -0.2) is 55.7 Å². The fraction of sp³-hybridized carbons (Fsp3) is 0.625. The van der Waals surface area contributed by atoms with Crippen molar-refractivity contribution in [3.63, 3.8) is 0 Å². The van der Waals surface area contributed by atoms with Crippen LogP contribution in [0.1, 0.15) is 30.6 Å². The van der Waals surface area contributed by atoms with Crippen molar-refractivity contribution in [3.8, 4) is 0 Å². The van der Waals surface area contributed by atoms with Gasteiger partial charge in [0.05, 0.1) is 23.8 Å². The highest BCUT2D eigenvalue weighted by molar-refractivity contribution is 6.33. The summed E-state index contributed by atoms with van der Waals surface area (Å²) in [6.07, 6.45) is 2.69. The Hall–Kier alpha value is -1.33. The molecule has 1 saturated heterocycles. The maximum absolute atomic E-state index is 12.4. The van der Waals surface area contributed by atoms with E-state index in [0.717, 1.165) is 18.8 Å². The summed E-state index contributed by atoms with van der Waals surface area (Å²) in [5, 5.41) is 0.519. The van der Waals surface area contributed by atoms with Crippen LogP contribution in [0.15, 0.2) is 12.3 Å². The van der Waals surface area contributed by atoms with E-state index >= 15 is 0 Å². The molecule has 1 amide bonds. The summed E-state index contributed by atoms with van der Waals surface area (Å²) < 4.78 is 5.26. The lowest BCUT2D eigenvalue weighted by Gasteiger charge is -2.27. The van der Waals surface area contributed by atoms with Gasteiger partial charge in [-0.1, -0.05) is 25.4 Å². The molecule has 0 radical (unpaired) electrons. The topological polar surface area (TPSA) is 45.7 Å². The number of morpholine rings is 1. The van der Waals surface area contributed by atoms with Crippen molar-refractivity contribution in [3.05, 3.63) is 22.8 Å². The molecular weight excluding hydrogens is 302 g/mol. The minimum absolute atomic E-state index is 0.0333. The van der Waals surface area contributed by atoms with Gasteiger partial charge in [0.25, 0.3) is 5.91 Å². The number of ether oxygens (including phenoxy) is 1. The van der Waals surface area contributed by atoms with Crippen molar-refractivity contribution >= 4 is 23.3 Å². The van der Waals surface area contributed by atoms with Crippen molar-refractivity contribution in [2.45, 2.75) is 20.3 Å². The Labute approximate surface area is 137 Å². The van der Waals surface area contributed by atoms with E-state index in [2.05, 4.69) is 18.8 Å². The number of halogens is 1. The summed E-state index contributed by atoms with van der Waals surface area (Å²) in [5.41, 5.74) is 0.535. The van der Waals surface area contributed by atoms with E-state index in [1.165, 1.54) is 0 Å². The predicted molar refractivity (Wildman–Crippen MR) is 88.7 cm³/mol. The first-order chi connectivity index (χ1) is 10.5. The number of carbonyl (C=O) groups excluding carboxylic acids is 1. The first-order valence-electron chi connectivity index (χ1n) is 7.72.